The van der Waals surface area contributed by atoms with Gasteiger partial charge in [0.05, 0.1) is 24.8 Å². The van der Waals surface area contributed by atoms with Crippen molar-refractivity contribution in [1.82, 2.24) is 20.2 Å². The average molecular weight is 519 g/mol. The molecule has 2 saturated heterocycles. The lowest BCUT2D eigenvalue weighted by molar-refractivity contribution is 0.0679. The first-order valence-electron chi connectivity index (χ1n) is 13.5. The number of nitrogens with one attached hydrogen (secondary N) is 2. The van der Waals surface area contributed by atoms with Gasteiger partial charge in [-0.3, -0.25) is 4.90 Å². The minimum atomic E-state index is -0.587. The van der Waals surface area contributed by atoms with Gasteiger partial charge in [0.1, 0.15) is 24.0 Å². The molecular formula is C29H35FN6O2. The molecular weight excluding hydrogens is 483 g/mol. The van der Waals surface area contributed by atoms with Crippen molar-refractivity contribution in [1.29, 1.82) is 5.26 Å². The molecule has 1 unspecified atom stereocenters. The van der Waals surface area contributed by atoms with E-state index in [4.69, 9.17) is 14.7 Å². The van der Waals surface area contributed by atoms with Crippen LogP contribution in [0.1, 0.15) is 50.5 Å². The summed E-state index contributed by atoms with van der Waals surface area (Å²) in [6, 6.07) is 11.2. The molecule has 5 rings (SSSR count). The molecule has 3 heterocycles. The number of likely N-dealkylation sites (tertiary alicyclic amines) is 1. The maximum absolute atomic E-state index is 14.1. The van der Waals surface area contributed by atoms with Gasteiger partial charge in [-0.05, 0) is 82.4 Å². The number of hydrogen-bond donors (Lipinski definition) is 2. The smallest absolute Gasteiger partial charge is 0.163 e. The van der Waals surface area contributed by atoms with Crippen molar-refractivity contribution in [2.75, 3.05) is 38.7 Å². The Bertz CT molecular complexity index is 1290. The fraction of sp³-hybridized carbons (Fsp3) is 0.483. The van der Waals surface area contributed by atoms with E-state index in [0.29, 0.717) is 47.2 Å². The molecule has 0 aliphatic carbocycles. The van der Waals surface area contributed by atoms with Crippen LogP contribution in [0.15, 0.2) is 36.7 Å². The second-order valence-corrected chi connectivity index (χ2v) is 10.0. The highest BCUT2D eigenvalue weighted by Gasteiger charge is 2.29. The number of nitriles is 1. The Morgan fingerprint density at radius 2 is 2.00 bits per heavy atom. The molecule has 0 spiro atoms. The summed E-state index contributed by atoms with van der Waals surface area (Å²) < 4.78 is 25.9. The third-order valence-corrected chi connectivity index (χ3v) is 7.66. The molecule has 0 bridgehead atoms. The molecule has 1 atom stereocenters. The third kappa shape index (κ3) is 5.98. The molecule has 0 amide bonds. The van der Waals surface area contributed by atoms with Crippen LogP contribution in [0.4, 0.5) is 15.9 Å². The van der Waals surface area contributed by atoms with E-state index in [9.17, 15) is 4.39 Å². The van der Waals surface area contributed by atoms with Crippen LogP contribution in [-0.4, -0.2) is 60.3 Å². The highest BCUT2D eigenvalue weighted by atomic mass is 19.1. The van der Waals surface area contributed by atoms with Crippen molar-refractivity contribution in [2.45, 2.75) is 57.0 Å². The standard InChI is InChI=1S/C29H35FN6O2/c1-37-27-16-24-26(33-19-34-29(24)35-21-8-7-20(18-31)25(30)15-21)17-28(27)38-14-4-6-22-5-2-3-13-36(22)23-9-11-32-12-10-23/h7-8,15-17,19,22-23,32H,2-6,9-14H2,1H3,(H,33,34,35). The van der Waals surface area contributed by atoms with Gasteiger partial charge >= 0.3 is 0 Å². The monoisotopic (exact) mass is 518 g/mol. The SMILES string of the molecule is COc1cc2c(Nc3ccc(C#N)c(F)c3)ncnc2cc1OCCCC1CCCCN1C1CCNCC1. The number of rotatable bonds is 9. The molecule has 2 fully saturated rings. The number of piperidine rings is 2. The number of halogens is 1. The summed E-state index contributed by atoms with van der Waals surface area (Å²) >= 11 is 0. The van der Waals surface area contributed by atoms with Gasteiger partial charge < -0.3 is 20.1 Å². The summed E-state index contributed by atoms with van der Waals surface area (Å²) in [6.45, 7) is 4.09. The lowest BCUT2D eigenvalue weighted by atomic mass is 9.93. The van der Waals surface area contributed by atoms with Crippen LogP contribution in [0.25, 0.3) is 10.9 Å². The normalized spacial score (nSPS) is 18.7. The fourth-order valence-corrected chi connectivity index (χ4v) is 5.71. The quantitative estimate of drug-likeness (QED) is 0.375. The molecule has 2 N–H and O–H groups in total. The molecule has 1 aromatic heterocycles. The van der Waals surface area contributed by atoms with Gasteiger partial charge in [0.25, 0.3) is 0 Å². The van der Waals surface area contributed by atoms with Gasteiger partial charge in [-0.15, -0.1) is 0 Å². The van der Waals surface area contributed by atoms with Crippen molar-refractivity contribution >= 4 is 22.4 Å². The van der Waals surface area contributed by atoms with Gasteiger partial charge in [-0.25, -0.2) is 14.4 Å². The fourth-order valence-electron chi connectivity index (χ4n) is 5.71. The van der Waals surface area contributed by atoms with Crippen molar-refractivity contribution in [3.05, 3.63) is 48.0 Å². The van der Waals surface area contributed by atoms with E-state index in [1.165, 1.54) is 57.1 Å². The molecule has 2 aliphatic heterocycles. The molecule has 2 aliphatic rings. The number of fused-ring (bicyclic) bond motifs is 1. The predicted molar refractivity (Wildman–Crippen MR) is 145 cm³/mol. The lowest BCUT2D eigenvalue weighted by Gasteiger charge is -2.43. The van der Waals surface area contributed by atoms with E-state index in [0.717, 1.165) is 31.3 Å². The van der Waals surface area contributed by atoms with Gasteiger partial charge in [-0.2, -0.15) is 5.26 Å². The van der Waals surface area contributed by atoms with Crippen LogP contribution in [0.2, 0.25) is 0 Å². The minimum Gasteiger partial charge on any atom is -0.493 e. The second kappa shape index (κ2) is 12.4. The minimum absolute atomic E-state index is 0.00552. The third-order valence-electron chi connectivity index (χ3n) is 7.66. The predicted octanol–water partition coefficient (Wildman–Crippen LogP) is 5.16. The first-order valence-corrected chi connectivity index (χ1v) is 13.5. The molecule has 9 heteroatoms. The Hall–Kier alpha value is -3.48. The number of anilines is 2. The zero-order chi connectivity index (χ0) is 26.3. The lowest BCUT2D eigenvalue weighted by Crippen LogP contribution is -2.50. The molecule has 8 nitrogen and oxygen atoms in total. The summed E-state index contributed by atoms with van der Waals surface area (Å²) in [5.74, 6) is 1.17. The Labute approximate surface area is 223 Å². The number of nitrogens with zero attached hydrogens (tertiary/aromatic N) is 4. The molecule has 3 aromatic rings. The van der Waals surface area contributed by atoms with Crippen LogP contribution in [0.3, 0.4) is 0 Å². The van der Waals surface area contributed by atoms with Crippen molar-refractivity contribution in [2.24, 2.45) is 0 Å². The summed E-state index contributed by atoms with van der Waals surface area (Å²) in [4.78, 5) is 11.5. The molecule has 2 aromatic carbocycles. The summed E-state index contributed by atoms with van der Waals surface area (Å²) in [5, 5.41) is 16.3. The van der Waals surface area contributed by atoms with Gasteiger partial charge in [0.15, 0.2) is 11.5 Å². The average Bonchev–Trinajstić information content (AvgIpc) is 2.96. The van der Waals surface area contributed by atoms with E-state index < -0.39 is 5.82 Å². The van der Waals surface area contributed by atoms with Gasteiger partial charge in [0, 0.05) is 29.2 Å². The first kappa shape index (κ1) is 26.1. The number of ether oxygens (including phenoxy) is 2. The van der Waals surface area contributed by atoms with Crippen molar-refractivity contribution in [3.8, 4) is 17.6 Å². The van der Waals surface area contributed by atoms with E-state index in [1.54, 1.807) is 13.2 Å². The Morgan fingerprint density at radius 1 is 1.13 bits per heavy atom. The largest absolute Gasteiger partial charge is 0.493 e. The molecule has 200 valence electrons. The van der Waals surface area contributed by atoms with E-state index in [1.807, 2.05) is 18.2 Å². The van der Waals surface area contributed by atoms with Crippen molar-refractivity contribution < 1.29 is 13.9 Å². The molecule has 0 saturated carbocycles. The first-order chi connectivity index (χ1) is 18.7. The van der Waals surface area contributed by atoms with E-state index in [2.05, 4.69) is 25.5 Å². The van der Waals surface area contributed by atoms with Gasteiger partial charge in [0.2, 0.25) is 0 Å². The number of hydrogen-bond acceptors (Lipinski definition) is 8. The Balaban J connectivity index is 1.24. The van der Waals surface area contributed by atoms with Crippen LogP contribution in [0, 0.1) is 17.1 Å². The number of benzene rings is 2. The summed E-state index contributed by atoms with van der Waals surface area (Å²) in [5.41, 5.74) is 1.17. The highest BCUT2D eigenvalue weighted by Crippen LogP contribution is 2.35. The van der Waals surface area contributed by atoms with Crippen LogP contribution in [-0.2, 0) is 0 Å². The van der Waals surface area contributed by atoms with E-state index in [-0.39, 0.29) is 5.56 Å². The molecule has 0 radical (unpaired) electrons. The zero-order valence-corrected chi connectivity index (χ0v) is 21.9. The summed E-state index contributed by atoms with van der Waals surface area (Å²) in [7, 11) is 1.61. The Morgan fingerprint density at radius 3 is 2.79 bits per heavy atom. The maximum Gasteiger partial charge on any atom is 0.163 e. The number of methoxy groups -OCH3 is 1. The second-order valence-electron chi connectivity index (χ2n) is 10.0. The highest BCUT2D eigenvalue weighted by molar-refractivity contribution is 5.93. The molecule has 38 heavy (non-hydrogen) atoms. The van der Waals surface area contributed by atoms with E-state index >= 15 is 0 Å². The van der Waals surface area contributed by atoms with Crippen LogP contribution < -0.4 is 20.1 Å². The van der Waals surface area contributed by atoms with Crippen LogP contribution in [0.5, 0.6) is 11.5 Å². The van der Waals surface area contributed by atoms with Crippen LogP contribution >= 0.6 is 0 Å². The maximum atomic E-state index is 14.1. The topological polar surface area (TPSA) is 95.3 Å². The zero-order valence-electron chi connectivity index (χ0n) is 21.9. The van der Waals surface area contributed by atoms with Gasteiger partial charge in [-0.1, -0.05) is 6.42 Å². The number of aromatic nitrogens is 2. The van der Waals surface area contributed by atoms with Crippen molar-refractivity contribution in [3.63, 3.8) is 0 Å². The Kier molecular flexibility index (Phi) is 8.51. The summed E-state index contributed by atoms with van der Waals surface area (Å²) in [6.07, 6.45) is 9.98.